The molecule has 1 unspecified atom stereocenters. The third kappa shape index (κ3) is 3.35. The molecular weight excluding hydrogens is 264 g/mol. The molecule has 2 nitrogen and oxygen atoms in total. The second-order valence-electron chi connectivity index (χ2n) is 2.88. The predicted octanol–water partition coefficient (Wildman–Crippen LogP) is 2.81. The van der Waals surface area contributed by atoms with Crippen LogP contribution in [0.2, 0.25) is 0 Å². The number of carbonyl (C=O) groups excluding carboxylic acids is 1. The van der Waals surface area contributed by atoms with E-state index >= 15 is 0 Å². The Hall–Kier alpha value is -0.480. The highest BCUT2D eigenvalue weighted by molar-refractivity contribution is 9.10. The summed E-state index contributed by atoms with van der Waals surface area (Å²) in [5.41, 5.74) is 0.954. The first-order valence-electron chi connectivity index (χ1n) is 4.19. The number of benzene rings is 1. The summed E-state index contributed by atoms with van der Waals surface area (Å²) in [5, 5.41) is -0.377. The fraction of sp³-hybridized carbons (Fsp3) is 0.300. The maximum atomic E-state index is 11.1. The van der Waals surface area contributed by atoms with Gasteiger partial charge in [-0.25, -0.2) is 0 Å². The maximum Gasteiger partial charge on any atom is 0.318 e. The molecule has 1 aromatic carbocycles. The van der Waals surface area contributed by atoms with E-state index in [-0.39, 0.29) is 17.8 Å². The quantitative estimate of drug-likeness (QED) is 0.678. The van der Waals surface area contributed by atoms with E-state index in [1.807, 2.05) is 24.3 Å². The Kier molecular flexibility index (Phi) is 4.48. The molecule has 0 aliphatic heterocycles. The number of esters is 1. The van der Waals surface area contributed by atoms with E-state index in [9.17, 15) is 4.79 Å². The molecule has 0 aromatic heterocycles. The van der Waals surface area contributed by atoms with Crippen molar-refractivity contribution < 1.29 is 9.53 Å². The highest BCUT2D eigenvalue weighted by Gasteiger charge is 2.09. The van der Waals surface area contributed by atoms with Crippen LogP contribution in [-0.4, -0.2) is 11.2 Å². The summed E-state index contributed by atoms with van der Waals surface area (Å²) in [6.07, 6.45) is 0. The molecule has 1 atom stereocenters. The lowest BCUT2D eigenvalue weighted by molar-refractivity contribution is -0.143. The lowest BCUT2D eigenvalue weighted by Gasteiger charge is -2.07. The summed E-state index contributed by atoms with van der Waals surface area (Å²) < 4.78 is 5.97. The second-order valence-corrected chi connectivity index (χ2v) is 4.50. The van der Waals surface area contributed by atoms with Crippen LogP contribution in [0.5, 0.6) is 0 Å². The number of halogens is 1. The van der Waals surface area contributed by atoms with Crippen molar-refractivity contribution in [1.82, 2.24) is 0 Å². The average molecular weight is 275 g/mol. The monoisotopic (exact) mass is 274 g/mol. The molecule has 1 aromatic rings. The van der Waals surface area contributed by atoms with Gasteiger partial charge in [0, 0.05) is 10.0 Å². The molecule has 0 aliphatic rings. The van der Waals surface area contributed by atoms with E-state index in [0.29, 0.717) is 0 Å². The van der Waals surface area contributed by atoms with E-state index in [2.05, 4.69) is 28.6 Å². The summed E-state index contributed by atoms with van der Waals surface area (Å²) >= 11 is 7.35. The summed E-state index contributed by atoms with van der Waals surface area (Å²) in [4.78, 5) is 11.1. The summed E-state index contributed by atoms with van der Waals surface area (Å²) in [6.45, 7) is 1.97. The molecule has 0 bridgehead atoms. The molecule has 0 amide bonds. The van der Waals surface area contributed by atoms with E-state index in [1.165, 1.54) is 0 Å². The zero-order valence-electron chi connectivity index (χ0n) is 7.74. The molecule has 14 heavy (non-hydrogen) atoms. The minimum atomic E-state index is -0.377. The molecule has 0 saturated carbocycles. The normalized spacial score (nSPS) is 12.2. The standard InChI is InChI=1S/C10H11BrO2S/c1-7(14)10(12)13-6-8-4-2-3-5-9(8)11/h2-5,7,14H,6H2,1H3. The van der Waals surface area contributed by atoms with Gasteiger partial charge in [-0.2, -0.15) is 12.6 Å². The van der Waals surface area contributed by atoms with Gasteiger partial charge >= 0.3 is 5.97 Å². The van der Waals surface area contributed by atoms with Gasteiger partial charge in [0.25, 0.3) is 0 Å². The Morgan fingerprint density at radius 3 is 2.79 bits per heavy atom. The number of hydrogen-bond donors (Lipinski definition) is 1. The smallest absolute Gasteiger partial charge is 0.318 e. The van der Waals surface area contributed by atoms with Crippen LogP contribution >= 0.6 is 28.6 Å². The van der Waals surface area contributed by atoms with Crippen LogP contribution in [-0.2, 0) is 16.1 Å². The molecule has 1 rings (SSSR count). The lowest BCUT2D eigenvalue weighted by atomic mass is 10.2. The van der Waals surface area contributed by atoms with Gasteiger partial charge in [-0.15, -0.1) is 0 Å². The van der Waals surface area contributed by atoms with Crippen LogP contribution in [0.1, 0.15) is 12.5 Å². The third-order valence-electron chi connectivity index (χ3n) is 1.67. The third-order valence-corrected chi connectivity index (χ3v) is 2.65. The Balaban J connectivity index is 2.54. The van der Waals surface area contributed by atoms with E-state index in [0.717, 1.165) is 10.0 Å². The number of rotatable bonds is 3. The molecular formula is C10H11BrO2S. The summed E-state index contributed by atoms with van der Waals surface area (Å²) in [7, 11) is 0. The van der Waals surface area contributed by atoms with Gasteiger partial charge in [0.1, 0.15) is 6.61 Å². The molecule has 0 saturated heterocycles. The minimum Gasteiger partial charge on any atom is -0.460 e. The van der Waals surface area contributed by atoms with Crippen molar-refractivity contribution in [2.24, 2.45) is 0 Å². The molecule has 0 N–H and O–H groups in total. The molecule has 0 radical (unpaired) electrons. The van der Waals surface area contributed by atoms with E-state index < -0.39 is 0 Å². The van der Waals surface area contributed by atoms with Gasteiger partial charge < -0.3 is 4.74 Å². The van der Waals surface area contributed by atoms with Gasteiger partial charge in [0.15, 0.2) is 0 Å². The molecule has 0 fully saturated rings. The number of carbonyl (C=O) groups is 1. The van der Waals surface area contributed by atoms with Crippen molar-refractivity contribution in [2.75, 3.05) is 0 Å². The Morgan fingerprint density at radius 2 is 2.21 bits per heavy atom. The summed E-state index contributed by atoms with van der Waals surface area (Å²) in [5.74, 6) is -0.302. The van der Waals surface area contributed by atoms with Crippen molar-refractivity contribution in [3.63, 3.8) is 0 Å². The first-order chi connectivity index (χ1) is 6.61. The number of ether oxygens (including phenoxy) is 1. The second kappa shape index (κ2) is 5.41. The van der Waals surface area contributed by atoms with E-state index in [1.54, 1.807) is 6.92 Å². The van der Waals surface area contributed by atoms with Crippen LogP contribution < -0.4 is 0 Å². The van der Waals surface area contributed by atoms with Crippen molar-refractivity contribution in [1.29, 1.82) is 0 Å². The Bertz CT molecular complexity index is 326. The van der Waals surface area contributed by atoms with Gasteiger partial charge in [-0.3, -0.25) is 4.79 Å². The lowest BCUT2D eigenvalue weighted by Crippen LogP contribution is -2.14. The van der Waals surface area contributed by atoms with E-state index in [4.69, 9.17) is 4.74 Å². The zero-order valence-corrected chi connectivity index (χ0v) is 10.2. The number of thiol groups is 1. The maximum absolute atomic E-state index is 11.1. The van der Waals surface area contributed by atoms with Crippen LogP contribution in [0.15, 0.2) is 28.7 Å². The molecule has 0 heterocycles. The fourth-order valence-corrected chi connectivity index (χ4v) is 1.36. The fourth-order valence-electron chi connectivity index (χ4n) is 0.885. The first kappa shape index (κ1) is 11.6. The van der Waals surface area contributed by atoms with Crippen LogP contribution in [0.4, 0.5) is 0 Å². The first-order valence-corrected chi connectivity index (χ1v) is 5.50. The van der Waals surface area contributed by atoms with Crippen LogP contribution in [0, 0.1) is 0 Å². The Morgan fingerprint density at radius 1 is 1.57 bits per heavy atom. The molecule has 0 aliphatic carbocycles. The van der Waals surface area contributed by atoms with Crippen LogP contribution in [0.3, 0.4) is 0 Å². The Labute approximate surface area is 97.2 Å². The highest BCUT2D eigenvalue weighted by atomic mass is 79.9. The van der Waals surface area contributed by atoms with Gasteiger partial charge in [0.05, 0.1) is 5.25 Å². The predicted molar refractivity (Wildman–Crippen MR) is 62.4 cm³/mol. The van der Waals surface area contributed by atoms with Crippen molar-refractivity contribution in [3.05, 3.63) is 34.3 Å². The molecule has 76 valence electrons. The van der Waals surface area contributed by atoms with Gasteiger partial charge in [-0.05, 0) is 13.0 Å². The average Bonchev–Trinajstić information content (AvgIpc) is 2.16. The van der Waals surface area contributed by atoms with Crippen molar-refractivity contribution in [3.8, 4) is 0 Å². The molecule has 0 spiro atoms. The largest absolute Gasteiger partial charge is 0.460 e. The zero-order chi connectivity index (χ0) is 10.6. The summed E-state index contributed by atoms with van der Waals surface area (Å²) in [6, 6.07) is 7.63. The highest BCUT2D eigenvalue weighted by Crippen LogP contribution is 2.16. The van der Waals surface area contributed by atoms with Gasteiger partial charge in [-0.1, -0.05) is 34.1 Å². The number of hydrogen-bond acceptors (Lipinski definition) is 3. The molecule has 4 heteroatoms. The van der Waals surface area contributed by atoms with Crippen molar-refractivity contribution in [2.45, 2.75) is 18.8 Å². The SMILES string of the molecule is CC(S)C(=O)OCc1ccccc1Br. The van der Waals surface area contributed by atoms with Crippen molar-refractivity contribution >= 4 is 34.5 Å². The van der Waals surface area contributed by atoms with Crippen LogP contribution in [0.25, 0.3) is 0 Å². The topological polar surface area (TPSA) is 26.3 Å². The van der Waals surface area contributed by atoms with Gasteiger partial charge in [0.2, 0.25) is 0 Å². The minimum absolute atomic E-state index is 0.283.